The van der Waals surface area contributed by atoms with Crippen LogP contribution >= 0.6 is 23.4 Å². The number of carbonyl (C=O) groups excluding carboxylic acids is 1. The van der Waals surface area contributed by atoms with Crippen LogP contribution in [0.15, 0.2) is 53.1 Å². The number of aromatic nitrogens is 2. The van der Waals surface area contributed by atoms with Crippen molar-refractivity contribution in [3.8, 4) is 11.4 Å². The summed E-state index contributed by atoms with van der Waals surface area (Å²) in [7, 11) is 0. The molecule has 192 valence electrons. The molecule has 6 nitrogen and oxygen atoms in total. The summed E-state index contributed by atoms with van der Waals surface area (Å²) < 4.78 is 5.54. The van der Waals surface area contributed by atoms with E-state index in [1.165, 1.54) is 11.1 Å². The van der Waals surface area contributed by atoms with Gasteiger partial charge in [-0.1, -0.05) is 73.9 Å². The number of nitrogens with zero attached hydrogens (tertiary/aromatic N) is 3. The van der Waals surface area contributed by atoms with Gasteiger partial charge in [0, 0.05) is 35.2 Å². The van der Waals surface area contributed by atoms with Crippen LogP contribution in [0.2, 0.25) is 5.02 Å². The summed E-state index contributed by atoms with van der Waals surface area (Å²) in [5.41, 5.74) is 3.52. The molecule has 1 atom stereocenters. The third-order valence-electron chi connectivity index (χ3n) is 6.42. The highest BCUT2D eigenvalue weighted by molar-refractivity contribution is 7.98. The SMILES string of the molecule is CC(C)(C)c1ccc(-c2noc(CN3CCCC(C(=O)NCCSCc4cccc(Cl)c4)C3)n2)cc1. The minimum atomic E-state index is -0.0102. The van der Waals surface area contributed by atoms with Crippen molar-refractivity contribution in [3.05, 3.63) is 70.6 Å². The molecule has 0 bridgehead atoms. The number of carbonyl (C=O) groups is 1. The second-order valence-electron chi connectivity index (χ2n) is 10.4. The van der Waals surface area contributed by atoms with Crippen LogP contribution in [0.5, 0.6) is 0 Å². The van der Waals surface area contributed by atoms with E-state index in [1.54, 1.807) is 11.8 Å². The standard InChI is InChI=1S/C28H35ClN4O2S/c1-28(2,3)23-11-9-21(10-12-23)26-31-25(35-32-26)18-33-14-5-7-22(17-33)27(34)30-13-15-36-19-20-6-4-8-24(29)16-20/h4,6,8-12,16,22H,5,7,13-15,17-19H2,1-3H3,(H,30,34). The number of halogens is 1. The summed E-state index contributed by atoms with van der Waals surface area (Å²) in [5, 5.41) is 8.05. The van der Waals surface area contributed by atoms with Crippen molar-refractivity contribution in [1.82, 2.24) is 20.4 Å². The van der Waals surface area contributed by atoms with Gasteiger partial charge in [-0.05, 0) is 48.1 Å². The summed E-state index contributed by atoms with van der Waals surface area (Å²) in [4.78, 5) is 19.6. The van der Waals surface area contributed by atoms with Gasteiger partial charge in [-0.25, -0.2) is 0 Å². The number of thioether (sulfide) groups is 1. The molecule has 0 spiro atoms. The molecule has 1 saturated heterocycles. The number of hydrogen-bond acceptors (Lipinski definition) is 6. The summed E-state index contributed by atoms with van der Waals surface area (Å²) in [5.74, 6) is 3.07. The Balaban J connectivity index is 1.21. The number of hydrogen-bond donors (Lipinski definition) is 1. The fourth-order valence-electron chi connectivity index (χ4n) is 4.37. The summed E-state index contributed by atoms with van der Waals surface area (Å²) in [6.45, 7) is 9.46. The van der Waals surface area contributed by atoms with Gasteiger partial charge in [-0.3, -0.25) is 9.69 Å². The lowest BCUT2D eigenvalue weighted by molar-refractivity contribution is -0.126. The second kappa shape index (κ2) is 12.3. The van der Waals surface area contributed by atoms with Crippen LogP contribution in [-0.2, 0) is 22.5 Å². The highest BCUT2D eigenvalue weighted by Crippen LogP contribution is 2.25. The van der Waals surface area contributed by atoms with E-state index in [2.05, 4.69) is 59.3 Å². The van der Waals surface area contributed by atoms with E-state index in [0.29, 0.717) is 31.3 Å². The molecule has 1 fully saturated rings. The maximum Gasteiger partial charge on any atom is 0.241 e. The maximum absolute atomic E-state index is 12.7. The topological polar surface area (TPSA) is 71.3 Å². The van der Waals surface area contributed by atoms with E-state index in [0.717, 1.165) is 41.5 Å². The molecule has 0 radical (unpaired) electrons. The Hall–Kier alpha value is -2.35. The van der Waals surface area contributed by atoms with Gasteiger partial charge in [0.25, 0.3) is 0 Å². The predicted molar refractivity (Wildman–Crippen MR) is 147 cm³/mol. The number of benzene rings is 2. The first-order chi connectivity index (χ1) is 17.3. The van der Waals surface area contributed by atoms with E-state index in [4.69, 9.17) is 16.1 Å². The van der Waals surface area contributed by atoms with Gasteiger partial charge in [0.15, 0.2) is 0 Å². The van der Waals surface area contributed by atoms with Crippen LogP contribution in [0.3, 0.4) is 0 Å². The largest absolute Gasteiger partial charge is 0.355 e. The number of rotatable bonds is 9. The van der Waals surface area contributed by atoms with E-state index in [9.17, 15) is 4.79 Å². The third kappa shape index (κ3) is 7.58. The smallest absolute Gasteiger partial charge is 0.241 e. The Labute approximate surface area is 223 Å². The van der Waals surface area contributed by atoms with Crippen LogP contribution in [0.1, 0.15) is 50.6 Å². The molecular weight excluding hydrogens is 492 g/mol. The fraction of sp³-hybridized carbons (Fsp3) is 0.464. The fourth-order valence-corrected chi connectivity index (χ4v) is 5.39. The zero-order valence-electron chi connectivity index (χ0n) is 21.3. The van der Waals surface area contributed by atoms with Crippen molar-refractivity contribution in [1.29, 1.82) is 0 Å². The average Bonchev–Trinajstić information content (AvgIpc) is 3.32. The van der Waals surface area contributed by atoms with E-state index in [-0.39, 0.29) is 17.2 Å². The number of nitrogens with one attached hydrogen (secondary N) is 1. The third-order valence-corrected chi connectivity index (χ3v) is 7.68. The molecular formula is C28H35ClN4O2S. The zero-order chi connectivity index (χ0) is 25.5. The highest BCUT2D eigenvalue weighted by atomic mass is 35.5. The Morgan fingerprint density at radius 2 is 2.03 bits per heavy atom. The van der Waals surface area contributed by atoms with Gasteiger partial charge < -0.3 is 9.84 Å². The average molecular weight is 527 g/mol. The molecule has 1 aliphatic rings. The van der Waals surface area contributed by atoms with Crippen LogP contribution in [0.25, 0.3) is 11.4 Å². The molecule has 4 rings (SSSR count). The van der Waals surface area contributed by atoms with Crippen LogP contribution in [0.4, 0.5) is 0 Å². The van der Waals surface area contributed by atoms with Gasteiger partial charge in [-0.2, -0.15) is 16.7 Å². The summed E-state index contributed by atoms with van der Waals surface area (Å²) in [6.07, 6.45) is 1.89. The molecule has 0 saturated carbocycles. The lowest BCUT2D eigenvalue weighted by atomic mass is 9.87. The molecule has 3 aromatic rings. The molecule has 1 aromatic heterocycles. The van der Waals surface area contributed by atoms with Crippen LogP contribution in [-0.4, -0.2) is 46.3 Å². The molecule has 36 heavy (non-hydrogen) atoms. The monoisotopic (exact) mass is 526 g/mol. The van der Waals surface area contributed by atoms with E-state index in [1.807, 2.05) is 30.3 Å². The van der Waals surface area contributed by atoms with Crippen molar-refractivity contribution in [2.75, 3.05) is 25.4 Å². The molecule has 1 aliphatic heterocycles. The number of amides is 1. The van der Waals surface area contributed by atoms with Crippen molar-refractivity contribution in [2.45, 2.75) is 51.3 Å². The molecule has 1 amide bonds. The Kier molecular flexibility index (Phi) is 9.09. The van der Waals surface area contributed by atoms with Gasteiger partial charge in [0.05, 0.1) is 12.5 Å². The lowest BCUT2D eigenvalue weighted by Crippen LogP contribution is -2.43. The molecule has 2 aromatic carbocycles. The lowest BCUT2D eigenvalue weighted by Gasteiger charge is -2.30. The van der Waals surface area contributed by atoms with Crippen molar-refractivity contribution in [2.24, 2.45) is 5.92 Å². The minimum absolute atomic E-state index is 0.0102. The normalized spacial score (nSPS) is 16.7. The first kappa shape index (κ1) is 26.7. The Morgan fingerprint density at radius 1 is 1.22 bits per heavy atom. The van der Waals surface area contributed by atoms with Gasteiger partial charge in [0.2, 0.25) is 17.6 Å². The Bertz CT molecular complexity index is 1140. The minimum Gasteiger partial charge on any atom is -0.355 e. The van der Waals surface area contributed by atoms with Crippen molar-refractivity contribution in [3.63, 3.8) is 0 Å². The predicted octanol–water partition coefficient (Wildman–Crippen LogP) is 5.95. The van der Waals surface area contributed by atoms with Crippen molar-refractivity contribution < 1.29 is 9.32 Å². The molecule has 0 aliphatic carbocycles. The first-order valence-electron chi connectivity index (χ1n) is 12.5. The van der Waals surface area contributed by atoms with E-state index < -0.39 is 0 Å². The zero-order valence-corrected chi connectivity index (χ0v) is 22.9. The number of piperidine rings is 1. The molecule has 2 heterocycles. The first-order valence-corrected chi connectivity index (χ1v) is 14.1. The summed E-state index contributed by atoms with van der Waals surface area (Å²) in [6, 6.07) is 16.2. The second-order valence-corrected chi connectivity index (χ2v) is 11.9. The van der Waals surface area contributed by atoms with Gasteiger partial charge in [0.1, 0.15) is 0 Å². The number of likely N-dealkylation sites (tertiary alicyclic amines) is 1. The van der Waals surface area contributed by atoms with Gasteiger partial charge >= 0.3 is 0 Å². The van der Waals surface area contributed by atoms with Crippen LogP contribution in [0, 0.1) is 5.92 Å². The van der Waals surface area contributed by atoms with Crippen LogP contribution < -0.4 is 5.32 Å². The summed E-state index contributed by atoms with van der Waals surface area (Å²) >= 11 is 7.84. The molecule has 8 heteroatoms. The Morgan fingerprint density at radius 3 is 2.78 bits per heavy atom. The van der Waals surface area contributed by atoms with E-state index >= 15 is 0 Å². The molecule has 1 N–H and O–H groups in total. The quantitative estimate of drug-likeness (QED) is 0.347. The van der Waals surface area contributed by atoms with Gasteiger partial charge in [-0.15, -0.1) is 0 Å². The van der Waals surface area contributed by atoms with Crippen molar-refractivity contribution >= 4 is 29.3 Å². The maximum atomic E-state index is 12.7. The highest BCUT2D eigenvalue weighted by Gasteiger charge is 2.26. The molecule has 1 unspecified atom stereocenters.